The van der Waals surface area contributed by atoms with Crippen LogP contribution in [0.5, 0.6) is 0 Å². The lowest BCUT2D eigenvalue weighted by Crippen LogP contribution is -2.45. The van der Waals surface area contributed by atoms with Gasteiger partial charge in [0.05, 0.1) is 5.41 Å². The lowest BCUT2D eigenvalue weighted by atomic mass is 9.80. The minimum absolute atomic E-state index is 0.106. The second kappa shape index (κ2) is 4.99. The van der Waals surface area contributed by atoms with Crippen molar-refractivity contribution in [3.8, 4) is 0 Å². The van der Waals surface area contributed by atoms with Crippen molar-refractivity contribution in [1.29, 1.82) is 0 Å². The maximum atomic E-state index is 12.3. The summed E-state index contributed by atoms with van der Waals surface area (Å²) in [5, 5.41) is 9.17. The molecule has 0 bridgehead atoms. The highest BCUT2D eigenvalue weighted by Gasteiger charge is 2.38. The fourth-order valence-corrected chi connectivity index (χ4v) is 2.28. The molecule has 0 unspecified atom stereocenters. The van der Waals surface area contributed by atoms with Crippen molar-refractivity contribution in [2.24, 2.45) is 5.41 Å². The average Bonchev–Trinajstić information content (AvgIpc) is 2.39. The highest BCUT2D eigenvalue weighted by Crippen LogP contribution is 2.31. The van der Waals surface area contributed by atoms with E-state index in [1.54, 1.807) is 24.1 Å². The van der Waals surface area contributed by atoms with Crippen LogP contribution in [0, 0.1) is 12.3 Å². The lowest BCUT2D eigenvalue weighted by molar-refractivity contribution is -0.150. The Hall–Kier alpha value is -1.91. The summed E-state index contributed by atoms with van der Waals surface area (Å²) in [6.07, 6.45) is 2.57. The van der Waals surface area contributed by atoms with E-state index in [9.17, 15) is 9.59 Å². The maximum absolute atomic E-state index is 12.3. The van der Waals surface area contributed by atoms with Gasteiger partial charge in [-0.2, -0.15) is 0 Å². The van der Waals surface area contributed by atoms with Crippen LogP contribution in [0.25, 0.3) is 0 Å². The number of hydrogen-bond donors (Lipinski definition) is 1. The Morgan fingerprint density at radius 3 is 2.53 bits per heavy atom. The standard InChI is InChI=1S/C14H18N2O3/c1-10-4-3-7-15-11(10)12(17)16-8-5-14(2,6-9-16)13(18)19/h3-4,7H,5-6,8-9H2,1-2H3,(H,18,19). The molecule has 0 aliphatic carbocycles. The van der Waals surface area contributed by atoms with E-state index < -0.39 is 11.4 Å². The zero-order valence-corrected chi connectivity index (χ0v) is 11.2. The number of pyridine rings is 1. The summed E-state index contributed by atoms with van der Waals surface area (Å²) in [5.41, 5.74) is 0.594. The largest absolute Gasteiger partial charge is 0.481 e. The smallest absolute Gasteiger partial charge is 0.309 e. The van der Waals surface area contributed by atoms with Crippen molar-refractivity contribution in [3.63, 3.8) is 0 Å². The minimum Gasteiger partial charge on any atom is -0.481 e. The van der Waals surface area contributed by atoms with Gasteiger partial charge in [-0.15, -0.1) is 0 Å². The SMILES string of the molecule is Cc1cccnc1C(=O)N1CCC(C)(C(=O)O)CC1. The van der Waals surface area contributed by atoms with E-state index >= 15 is 0 Å². The summed E-state index contributed by atoms with van der Waals surface area (Å²) in [5.74, 6) is -0.890. The summed E-state index contributed by atoms with van der Waals surface area (Å²) < 4.78 is 0. The molecular weight excluding hydrogens is 244 g/mol. The minimum atomic E-state index is -0.784. The Kier molecular flexibility index (Phi) is 3.55. The van der Waals surface area contributed by atoms with Gasteiger partial charge in [0.2, 0.25) is 0 Å². The van der Waals surface area contributed by atoms with Crippen LogP contribution in [0.1, 0.15) is 35.8 Å². The molecule has 102 valence electrons. The molecule has 1 aliphatic rings. The Morgan fingerprint density at radius 1 is 1.37 bits per heavy atom. The highest BCUT2D eigenvalue weighted by molar-refractivity contribution is 5.93. The van der Waals surface area contributed by atoms with Gasteiger partial charge in [-0.05, 0) is 38.3 Å². The molecular formula is C14H18N2O3. The van der Waals surface area contributed by atoms with Gasteiger partial charge in [0, 0.05) is 19.3 Å². The molecule has 0 saturated carbocycles. The number of carbonyl (C=O) groups is 2. The molecule has 1 aliphatic heterocycles. The average molecular weight is 262 g/mol. The topological polar surface area (TPSA) is 70.5 Å². The molecule has 1 N–H and O–H groups in total. The predicted octanol–water partition coefficient (Wildman–Crippen LogP) is 1.72. The zero-order chi connectivity index (χ0) is 14.0. The quantitative estimate of drug-likeness (QED) is 0.881. The van der Waals surface area contributed by atoms with Crippen LogP contribution in [0.2, 0.25) is 0 Å². The molecule has 0 spiro atoms. The fraction of sp³-hybridized carbons (Fsp3) is 0.500. The van der Waals surface area contributed by atoms with Crippen molar-refractivity contribution in [2.45, 2.75) is 26.7 Å². The molecule has 1 fully saturated rings. The number of carboxylic acid groups (broad SMARTS) is 1. The number of amides is 1. The molecule has 0 aromatic carbocycles. The summed E-state index contributed by atoms with van der Waals surface area (Å²) in [7, 11) is 0. The van der Waals surface area contributed by atoms with E-state index in [1.165, 1.54) is 0 Å². The van der Waals surface area contributed by atoms with Gasteiger partial charge >= 0.3 is 5.97 Å². The number of aromatic nitrogens is 1. The van der Waals surface area contributed by atoms with Gasteiger partial charge in [-0.3, -0.25) is 14.6 Å². The van der Waals surface area contributed by atoms with Crippen LogP contribution >= 0.6 is 0 Å². The van der Waals surface area contributed by atoms with Crippen LogP contribution in [0.15, 0.2) is 18.3 Å². The van der Waals surface area contributed by atoms with Gasteiger partial charge in [0.25, 0.3) is 5.91 Å². The van der Waals surface area contributed by atoms with Crippen LogP contribution in [-0.4, -0.2) is 40.0 Å². The number of carboxylic acids is 1. The first kappa shape index (κ1) is 13.5. The van der Waals surface area contributed by atoms with E-state index in [4.69, 9.17) is 5.11 Å². The second-order valence-electron chi connectivity index (χ2n) is 5.33. The lowest BCUT2D eigenvalue weighted by Gasteiger charge is -2.36. The summed E-state index contributed by atoms with van der Waals surface area (Å²) in [4.78, 5) is 29.3. The van der Waals surface area contributed by atoms with E-state index in [0.29, 0.717) is 31.6 Å². The van der Waals surface area contributed by atoms with Crippen LogP contribution < -0.4 is 0 Å². The zero-order valence-electron chi connectivity index (χ0n) is 11.2. The van der Waals surface area contributed by atoms with Crippen LogP contribution in [0.4, 0.5) is 0 Å². The number of hydrogen-bond acceptors (Lipinski definition) is 3. The molecule has 0 radical (unpaired) electrons. The Morgan fingerprint density at radius 2 is 2.00 bits per heavy atom. The van der Waals surface area contributed by atoms with Crippen molar-refractivity contribution in [3.05, 3.63) is 29.6 Å². The fourth-order valence-electron chi connectivity index (χ4n) is 2.28. The molecule has 5 heteroatoms. The number of piperidine rings is 1. The third-order valence-electron chi connectivity index (χ3n) is 3.88. The number of likely N-dealkylation sites (tertiary alicyclic amines) is 1. The number of aryl methyl sites for hydroxylation is 1. The molecule has 1 saturated heterocycles. The maximum Gasteiger partial charge on any atom is 0.309 e. The van der Waals surface area contributed by atoms with Gasteiger partial charge < -0.3 is 10.0 Å². The highest BCUT2D eigenvalue weighted by atomic mass is 16.4. The Balaban J connectivity index is 2.08. The summed E-state index contributed by atoms with van der Waals surface area (Å²) >= 11 is 0. The monoisotopic (exact) mass is 262 g/mol. The molecule has 0 atom stereocenters. The Bertz CT molecular complexity index is 505. The first-order valence-electron chi connectivity index (χ1n) is 6.38. The first-order valence-corrected chi connectivity index (χ1v) is 6.38. The number of aliphatic carboxylic acids is 1. The second-order valence-corrected chi connectivity index (χ2v) is 5.33. The first-order chi connectivity index (χ1) is 8.94. The van der Waals surface area contributed by atoms with Crippen molar-refractivity contribution in [2.75, 3.05) is 13.1 Å². The molecule has 5 nitrogen and oxygen atoms in total. The molecule has 1 amide bonds. The molecule has 1 aromatic rings. The van der Waals surface area contributed by atoms with E-state index in [1.807, 2.05) is 13.0 Å². The normalized spacial score (nSPS) is 18.1. The van der Waals surface area contributed by atoms with Crippen molar-refractivity contribution >= 4 is 11.9 Å². The van der Waals surface area contributed by atoms with Crippen LogP contribution in [-0.2, 0) is 4.79 Å². The Labute approximate surface area is 112 Å². The van der Waals surface area contributed by atoms with Gasteiger partial charge in [0.1, 0.15) is 5.69 Å². The predicted molar refractivity (Wildman–Crippen MR) is 69.9 cm³/mol. The van der Waals surface area contributed by atoms with Crippen LogP contribution in [0.3, 0.4) is 0 Å². The molecule has 19 heavy (non-hydrogen) atoms. The number of carbonyl (C=O) groups excluding carboxylic acids is 1. The summed E-state index contributed by atoms with van der Waals surface area (Å²) in [6, 6.07) is 3.65. The molecule has 2 rings (SSSR count). The van der Waals surface area contributed by atoms with Gasteiger partial charge in [-0.1, -0.05) is 6.07 Å². The molecule has 2 heterocycles. The van der Waals surface area contributed by atoms with E-state index in [2.05, 4.69) is 4.98 Å². The number of nitrogens with zero attached hydrogens (tertiary/aromatic N) is 2. The molecule has 1 aromatic heterocycles. The van der Waals surface area contributed by atoms with Gasteiger partial charge in [-0.25, -0.2) is 0 Å². The van der Waals surface area contributed by atoms with Gasteiger partial charge in [0.15, 0.2) is 0 Å². The number of rotatable bonds is 2. The van der Waals surface area contributed by atoms with Crippen molar-refractivity contribution < 1.29 is 14.7 Å². The van der Waals surface area contributed by atoms with E-state index in [0.717, 1.165) is 5.56 Å². The third-order valence-corrected chi connectivity index (χ3v) is 3.88. The summed E-state index contributed by atoms with van der Waals surface area (Å²) in [6.45, 7) is 4.53. The third kappa shape index (κ3) is 2.59. The van der Waals surface area contributed by atoms with E-state index in [-0.39, 0.29) is 5.91 Å². The van der Waals surface area contributed by atoms with Crippen molar-refractivity contribution in [1.82, 2.24) is 9.88 Å².